The molecule has 90 valence electrons. The first kappa shape index (κ1) is 11.6. The van der Waals surface area contributed by atoms with Gasteiger partial charge in [-0.2, -0.15) is 0 Å². The van der Waals surface area contributed by atoms with Crippen molar-refractivity contribution in [2.75, 3.05) is 0 Å². The van der Waals surface area contributed by atoms with Crippen LogP contribution in [0.4, 0.5) is 0 Å². The van der Waals surface area contributed by atoms with Gasteiger partial charge in [-0.3, -0.25) is 0 Å². The maximum atomic E-state index is 4.29. The molecule has 0 spiro atoms. The highest BCUT2D eigenvalue weighted by Crippen LogP contribution is 2.19. The standard InChI is InChI=1S/C12H22N4/c1-9-5-6-16-10(7-9)14-15-11(16)8-13-12(2,3)4/h9,13H,5-8H2,1-4H3. The van der Waals surface area contributed by atoms with Crippen molar-refractivity contribution < 1.29 is 0 Å². The Balaban J connectivity index is 2.06. The van der Waals surface area contributed by atoms with Crippen LogP contribution in [-0.2, 0) is 19.5 Å². The molecule has 2 rings (SSSR count). The third-order valence-corrected chi connectivity index (χ3v) is 3.06. The van der Waals surface area contributed by atoms with Crippen LogP contribution < -0.4 is 5.32 Å². The predicted molar refractivity (Wildman–Crippen MR) is 64.1 cm³/mol. The van der Waals surface area contributed by atoms with Crippen LogP contribution in [0.25, 0.3) is 0 Å². The Hall–Kier alpha value is -0.900. The molecule has 16 heavy (non-hydrogen) atoms. The van der Waals surface area contributed by atoms with E-state index in [0.29, 0.717) is 0 Å². The maximum absolute atomic E-state index is 4.29. The van der Waals surface area contributed by atoms with Gasteiger partial charge in [-0.1, -0.05) is 6.92 Å². The van der Waals surface area contributed by atoms with E-state index in [1.807, 2.05) is 0 Å². The van der Waals surface area contributed by atoms with Gasteiger partial charge in [0.05, 0.1) is 6.54 Å². The average Bonchev–Trinajstić information content (AvgIpc) is 2.56. The number of nitrogens with one attached hydrogen (secondary N) is 1. The number of fused-ring (bicyclic) bond motifs is 1. The molecule has 0 bridgehead atoms. The number of hydrogen-bond donors (Lipinski definition) is 1. The Morgan fingerprint density at radius 3 is 2.81 bits per heavy atom. The van der Waals surface area contributed by atoms with Gasteiger partial charge in [-0.15, -0.1) is 10.2 Å². The smallest absolute Gasteiger partial charge is 0.147 e. The van der Waals surface area contributed by atoms with Gasteiger partial charge >= 0.3 is 0 Å². The minimum absolute atomic E-state index is 0.133. The molecule has 0 saturated carbocycles. The van der Waals surface area contributed by atoms with Gasteiger partial charge in [0.1, 0.15) is 11.6 Å². The highest BCUT2D eigenvalue weighted by atomic mass is 15.3. The Morgan fingerprint density at radius 2 is 2.12 bits per heavy atom. The van der Waals surface area contributed by atoms with Crippen LogP contribution in [0.1, 0.15) is 45.8 Å². The number of rotatable bonds is 2. The number of nitrogens with zero attached hydrogens (tertiary/aromatic N) is 3. The first-order chi connectivity index (χ1) is 7.46. The summed E-state index contributed by atoms with van der Waals surface area (Å²) < 4.78 is 2.28. The average molecular weight is 222 g/mol. The van der Waals surface area contributed by atoms with E-state index in [1.54, 1.807) is 0 Å². The second-order valence-electron chi connectivity index (χ2n) is 5.89. The molecule has 0 amide bonds. The molecular formula is C12H22N4. The van der Waals surface area contributed by atoms with Crippen molar-refractivity contribution in [2.45, 2.75) is 59.2 Å². The van der Waals surface area contributed by atoms with E-state index in [2.05, 4.69) is 47.8 Å². The van der Waals surface area contributed by atoms with Crippen molar-refractivity contribution in [2.24, 2.45) is 5.92 Å². The van der Waals surface area contributed by atoms with Gasteiger partial charge in [0.25, 0.3) is 0 Å². The predicted octanol–water partition coefficient (Wildman–Crippen LogP) is 1.75. The molecule has 2 heterocycles. The van der Waals surface area contributed by atoms with Crippen molar-refractivity contribution in [3.63, 3.8) is 0 Å². The molecule has 1 unspecified atom stereocenters. The molecule has 0 aliphatic carbocycles. The van der Waals surface area contributed by atoms with Gasteiger partial charge in [0.2, 0.25) is 0 Å². The lowest BCUT2D eigenvalue weighted by Gasteiger charge is -2.23. The topological polar surface area (TPSA) is 42.7 Å². The second-order valence-corrected chi connectivity index (χ2v) is 5.89. The van der Waals surface area contributed by atoms with Gasteiger partial charge in [0.15, 0.2) is 0 Å². The van der Waals surface area contributed by atoms with E-state index in [-0.39, 0.29) is 5.54 Å². The van der Waals surface area contributed by atoms with Crippen molar-refractivity contribution in [3.8, 4) is 0 Å². The fourth-order valence-corrected chi connectivity index (χ4v) is 2.02. The van der Waals surface area contributed by atoms with Crippen LogP contribution in [0.3, 0.4) is 0 Å². The summed E-state index contributed by atoms with van der Waals surface area (Å²) in [5.41, 5.74) is 0.133. The SMILES string of the molecule is CC1CCn2c(CNC(C)(C)C)nnc2C1. The lowest BCUT2D eigenvalue weighted by atomic mass is 10.0. The summed E-state index contributed by atoms with van der Waals surface area (Å²) in [5, 5.41) is 12.0. The van der Waals surface area contributed by atoms with Gasteiger partial charge in [-0.25, -0.2) is 0 Å². The summed E-state index contributed by atoms with van der Waals surface area (Å²) in [4.78, 5) is 0. The fourth-order valence-electron chi connectivity index (χ4n) is 2.02. The summed E-state index contributed by atoms with van der Waals surface area (Å²) in [5.74, 6) is 2.99. The molecule has 4 heteroatoms. The van der Waals surface area contributed by atoms with E-state index in [1.165, 1.54) is 6.42 Å². The van der Waals surface area contributed by atoms with Gasteiger partial charge < -0.3 is 9.88 Å². The van der Waals surface area contributed by atoms with Crippen LogP contribution in [0.15, 0.2) is 0 Å². The Morgan fingerprint density at radius 1 is 1.38 bits per heavy atom. The Bertz CT molecular complexity index is 362. The third-order valence-electron chi connectivity index (χ3n) is 3.06. The molecule has 1 aromatic rings. The summed E-state index contributed by atoms with van der Waals surface area (Å²) in [6.07, 6.45) is 2.32. The number of hydrogen-bond acceptors (Lipinski definition) is 3. The molecule has 1 aliphatic heterocycles. The van der Waals surface area contributed by atoms with E-state index >= 15 is 0 Å². The Labute approximate surface area is 97.5 Å². The zero-order chi connectivity index (χ0) is 11.8. The highest BCUT2D eigenvalue weighted by Gasteiger charge is 2.20. The highest BCUT2D eigenvalue weighted by molar-refractivity contribution is 5.00. The monoisotopic (exact) mass is 222 g/mol. The maximum Gasteiger partial charge on any atom is 0.147 e. The first-order valence-electron chi connectivity index (χ1n) is 6.12. The zero-order valence-corrected chi connectivity index (χ0v) is 10.7. The lowest BCUT2D eigenvalue weighted by Crippen LogP contribution is -2.36. The molecule has 1 N–H and O–H groups in total. The molecule has 1 aromatic heterocycles. The second kappa shape index (κ2) is 4.17. The molecule has 0 aromatic carbocycles. The summed E-state index contributed by atoms with van der Waals surface area (Å²) in [6, 6.07) is 0. The molecule has 1 aliphatic rings. The van der Waals surface area contributed by atoms with Crippen LogP contribution in [-0.4, -0.2) is 20.3 Å². The largest absolute Gasteiger partial charge is 0.314 e. The normalized spacial score (nSPS) is 20.9. The third kappa shape index (κ3) is 2.61. The van der Waals surface area contributed by atoms with Crippen LogP contribution in [0, 0.1) is 5.92 Å². The molecular weight excluding hydrogens is 200 g/mol. The zero-order valence-electron chi connectivity index (χ0n) is 10.7. The minimum Gasteiger partial charge on any atom is -0.314 e. The van der Waals surface area contributed by atoms with E-state index in [0.717, 1.165) is 37.1 Å². The Kier molecular flexibility index (Phi) is 3.02. The van der Waals surface area contributed by atoms with E-state index in [4.69, 9.17) is 0 Å². The molecule has 0 fully saturated rings. The quantitative estimate of drug-likeness (QED) is 0.829. The van der Waals surface area contributed by atoms with Crippen molar-refractivity contribution >= 4 is 0 Å². The fraction of sp³-hybridized carbons (Fsp3) is 0.833. The van der Waals surface area contributed by atoms with Gasteiger partial charge in [-0.05, 0) is 33.1 Å². The van der Waals surface area contributed by atoms with Crippen molar-refractivity contribution in [3.05, 3.63) is 11.6 Å². The summed E-state index contributed by atoms with van der Waals surface area (Å²) >= 11 is 0. The lowest BCUT2D eigenvalue weighted by molar-refractivity contribution is 0.381. The first-order valence-corrected chi connectivity index (χ1v) is 6.12. The minimum atomic E-state index is 0.133. The van der Waals surface area contributed by atoms with E-state index in [9.17, 15) is 0 Å². The van der Waals surface area contributed by atoms with Crippen molar-refractivity contribution in [1.29, 1.82) is 0 Å². The van der Waals surface area contributed by atoms with Crippen LogP contribution in [0.2, 0.25) is 0 Å². The van der Waals surface area contributed by atoms with Crippen LogP contribution in [0.5, 0.6) is 0 Å². The molecule has 0 saturated heterocycles. The molecule has 4 nitrogen and oxygen atoms in total. The summed E-state index contributed by atoms with van der Waals surface area (Å²) in [6.45, 7) is 10.7. The van der Waals surface area contributed by atoms with Crippen LogP contribution >= 0.6 is 0 Å². The van der Waals surface area contributed by atoms with Gasteiger partial charge in [0, 0.05) is 18.5 Å². The summed E-state index contributed by atoms with van der Waals surface area (Å²) in [7, 11) is 0. The molecule has 0 radical (unpaired) electrons. The molecule has 1 atom stereocenters. The van der Waals surface area contributed by atoms with Crippen molar-refractivity contribution in [1.82, 2.24) is 20.1 Å². The van der Waals surface area contributed by atoms with E-state index < -0.39 is 0 Å². The number of aromatic nitrogens is 3.